The normalized spacial score (nSPS) is 22.1. The minimum atomic E-state index is -0.498. The maximum Gasteiger partial charge on any atom is 0.329 e. The molecular weight excluding hydrogens is 454 g/mol. The standard InChI is InChI=1S/C26H34BrNO3/c1-17(2)21-14-9-18(3)15-25(21)31-26(29)23(16-19-10-12-20(27)13-11-19)28-22-7-5-6-8-24(22)30-4/h5-8,10-13,17-18,21,23,25,28H,9,14-16H2,1-4H3/t18-,21+,23+,25-/m1/s1. The summed E-state index contributed by atoms with van der Waals surface area (Å²) in [5, 5.41) is 3.40. The lowest BCUT2D eigenvalue weighted by Gasteiger charge is -2.37. The molecule has 2 aromatic carbocycles. The summed E-state index contributed by atoms with van der Waals surface area (Å²) >= 11 is 3.48. The van der Waals surface area contributed by atoms with Crippen molar-refractivity contribution in [2.75, 3.05) is 12.4 Å². The molecule has 0 radical (unpaired) electrons. The lowest BCUT2D eigenvalue weighted by Crippen LogP contribution is -2.41. The molecule has 4 atom stereocenters. The van der Waals surface area contributed by atoms with Gasteiger partial charge < -0.3 is 14.8 Å². The van der Waals surface area contributed by atoms with Crippen LogP contribution < -0.4 is 10.1 Å². The highest BCUT2D eigenvalue weighted by Gasteiger charge is 2.35. The Balaban J connectivity index is 1.81. The predicted octanol–water partition coefficient (Wildman–Crippen LogP) is 6.48. The summed E-state index contributed by atoms with van der Waals surface area (Å²) in [6.45, 7) is 6.71. The zero-order chi connectivity index (χ0) is 22.4. The number of para-hydroxylation sites is 2. The van der Waals surface area contributed by atoms with Crippen LogP contribution in [0.4, 0.5) is 5.69 Å². The molecule has 0 bridgehead atoms. The first kappa shape index (κ1) is 23.6. The number of ether oxygens (including phenoxy) is 2. The van der Waals surface area contributed by atoms with Crippen LogP contribution in [0.3, 0.4) is 0 Å². The molecule has 1 aliphatic carbocycles. The second kappa shape index (κ2) is 11.0. The molecule has 3 rings (SSSR count). The molecule has 0 heterocycles. The highest BCUT2D eigenvalue weighted by atomic mass is 79.9. The van der Waals surface area contributed by atoms with Crippen molar-refractivity contribution in [2.45, 2.75) is 58.6 Å². The molecule has 2 aromatic rings. The number of esters is 1. The molecular formula is C26H34BrNO3. The number of carbonyl (C=O) groups excluding carboxylic acids is 1. The summed E-state index contributed by atoms with van der Waals surface area (Å²) in [6, 6.07) is 15.2. The van der Waals surface area contributed by atoms with E-state index in [1.807, 2.05) is 48.5 Å². The van der Waals surface area contributed by atoms with Crippen LogP contribution in [0.5, 0.6) is 5.75 Å². The highest BCUT2D eigenvalue weighted by molar-refractivity contribution is 9.10. The van der Waals surface area contributed by atoms with Crippen molar-refractivity contribution in [1.29, 1.82) is 0 Å². The lowest BCUT2D eigenvalue weighted by molar-refractivity contribution is -0.156. The molecule has 1 aliphatic rings. The number of anilines is 1. The van der Waals surface area contributed by atoms with Gasteiger partial charge in [0.15, 0.2) is 0 Å². The van der Waals surface area contributed by atoms with Crippen LogP contribution in [-0.4, -0.2) is 25.2 Å². The largest absolute Gasteiger partial charge is 0.495 e. The molecule has 0 amide bonds. The monoisotopic (exact) mass is 487 g/mol. The van der Waals surface area contributed by atoms with Crippen molar-refractivity contribution in [1.82, 2.24) is 0 Å². The average Bonchev–Trinajstić information content (AvgIpc) is 2.75. The topological polar surface area (TPSA) is 47.6 Å². The summed E-state index contributed by atoms with van der Waals surface area (Å²) in [6.07, 6.45) is 3.78. The van der Waals surface area contributed by atoms with E-state index in [9.17, 15) is 4.79 Å². The van der Waals surface area contributed by atoms with Gasteiger partial charge in [-0.25, -0.2) is 4.79 Å². The predicted molar refractivity (Wildman–Crippen MR) is 129 cm³/mol. The van der Waals surface area contributed by atoms with Crippen molar-refractivity contribution in [3.8, 4) is 5.75 Å². The number of halogens is 1. The molecule has 0 saturated heterocycles. The van der Waals surface area contributed by atoms with Crippen LogP contribution in [0.15, 0.2) is 53.0 Å². The fourth-order valence-corrected chi connectivity index (χ4v) is 4.75. The quantitative estimate of drug-likeness (QED) is 0.432. The van der Waals surface area contributed by atoms with Gasteiger partial charge in [0.2, 0.25) is 0 Å². The molecule has 5 heteroatoms. The second-order valence-corrected chi connectivity index (χ2v) is 9.94. The van der Waals surface area contributed by atoms with E-state index in [0.717, 1.165) is 28.6 Å². The van der Waals surface area contributed by atoms with Gasteiger partial charge in [0.25, 0.3) is 0 Å². The average molecular weight is 488 g/mol. The van der Waals surface area contributed by atoms with Gasteiger partial charge in [-0.2, -0.15) is 0 Å². The van der Waals surface area contributed by atoms with E-state index in [-0.39, 0.29) is 12.1 Å². The lowest BCUT2D eigenvalue weighted by atomic mass is 9.75. The summed E-state index contributed by atoms with van der Waals surface area (Å²) in [4.78, 5) is 13.4. The number of methoxy groups -OCH3 is 1. The Morgan fingerprint density at radius 2 is 1.84 bits per heavy atom. The summed E-state index contributed by atoms with van der Waals surface area (Å²) < 4.78 is 12.7. The molecule has 4 nitrogen and oxygen atoms in total. The van der Waals surface area contributed by atoms with E-state index in [0.29, 0.717) is 29.9 Å². The van der Waals surface area contributed by atoms with E-state index in [1.54, 1.807) is 7.11 Å². The molecule has 1 saturated carbocycles. The number of nitrogens with one attached hydrogen (secondary N) is 1. The molecule has 0 unspecified atom stereocenters. The minimum Gasteiger partial charge on any atom is -0.495 e. The number of rotatable bonds is 8. The zero-order valence-corrected chi connectivity index (χ0v) is 20.5. The van der Waals surface area contributed by atoms with Crippen LogP contribution in [0.2, 0.25) is 0 Å². The van der Waals surface area contributed by atoms with Crippen LogP contribution >= 0.6 is 15.9 Å². The fourth-order valence-electron chi connectivity index (χ4n) is 4.48. The third-order valence-corrected chi connectivity index (χ3v) is 6.83. The Kier molecular flexibility index (Phi) is 8.42. The van der Waals surface area contributed by atoms with Gasteiger partial charge in [0, 0.05) is 10.9 Å². The van der Waals surface area contributed by atoms with E-state index in [1.165, 1.54) is 6.42 Å². The van der Waals surface area contributed by atoms with Gasteiger partial charge >= 0.3 is 5.97 Å². The van der Waals surface area contributed by atoms with Gasteiger partial charge in [-0.1, -0.05) is 67.4 Å². The van der Waals surface area contributed by atoms with E-state index in [2.05, 4.69) is 42.0 Å². The molecule has 0 aromatic heterocycles. The van der Waals surface area contributed by atoms with Crippen LogP contribution in [-0.2, 0) is 16.0 Å². The van der Waals surface area contributed by atoms with Gasteiger partial charge in [-0.3, -0.25) is 0 Å². The third kappa shape index (κ3) is 6.49. The van der Waals surface area contributed by atoms with Crippen LogP contribution in [0, 0.1) is 17.8 Å². The van der Waals surface area contributed by atoms with Gasteiger partial charge in [0.05, 0.1) is 12.8 Å². The smallest absolute Gasteiger partial charge is 0.329 e. The number of carbonyl (C=O) groups is 1. The van der Waals surface area contributed by atoms with Crippen molar-refractivity contribution in [3.63, 3.8) is 0 Å². The maximum atomic E-state index is 13.4. The van der Waals surface area contributed by atoms with Crippen molar-refractivity contribution in [2.24, 2.45) is 17.8 Å². The van der Waals surface area contributed by atoms with Gasteiger partial charge in [0.1, 0.15) is 17.9 Å². The fraction of sp³-hybridized carbons (Fsp3) is 0.500. The SMILES string of the molecule is COc1ccccc1N[C@@H](Cc1ccc(Br)cc1)C(=O)O[C@@H]1C[C@H](C)CC[C@H]1C(C)C. The maximum absolute atomic E-state index is 13.4. The first-order chi connectivity index (χ1) is 14.9. The van der Waals surface area contributed by atoms with Crippen LogP contribution in [0.25, 0.3) is 0 Å². The molecule has 0 spiro atoms. The molecule has 168 valence electrons. The minimum absolute atomic E-state index is 0.0249. The van der Waals surface area contributed by atoms with E-state index in [4.69, 9.17) is 9.47 Å². The van der Waals surface area contributed by atoms with Crippen molar-refractivity contribution in [3.05, 3.63) is 58.6 Å². The molecule has 0 aliphatic heterocycles. The summed E-state index contributed by atoms with van der Waals surface area (Å²) in [7, 11) is 1.64. The Hall–Kier alpha value is -2.01. The summed E-state index contributed by atoms with van der Waals surface area (Å²) in [5.74, 6) is 2.01. The highest BCUT2D eigenvalue weighted by Crippen LogP contribution is 2.36. The van der Waals surface area contributed by atoms with Crippen LogP contribution in [0.1, 0.15) is 45.6 Å². The van der Waals surface area contributed by atoms with Crippen molar-refractivity contribution >= 4 is 27.6 Å². The number of benzene rings is 2. The zero-order valence-electron chi connectivity index (χ0n) is 18.9. The van der Waals surface area contributed by atoms with Crippen molar-refractivity contribution < 1.29 is 14.3 Å². The Labute approximate surface area is 194 Å². The molecule has 1 N–H and O–H groups in total. The Morgan fingerprint density at radius 1 is 1.13 bits per heavy atom. The second-order valence-electron chi connectivity index (χ2n) is 9.03. The first-order valence-electron chi connectivity index (χ1n) is 11.2. The molecule has 31 heavy (non-hydrogen) atoms. The van der Waals surface area contributed by atoms with Gasteiger partial charge in [-0.05, 0) is 60.4 Å². The number of hydrogen-bond acceptors (Lipinski definition) is 4. The molecule has 1 fully saturated rings. The van der Waals surface area contributed by atoms with E-state index >= 15 is 0 Å². The first-order valence-corrected chi connectivity index (χ1v) is 12.0. The van der Waals surface area contributed by atoms with Gasteiger partial charge in [-0.15, -0.1) is 0 Å². The van der Waals surface area contributed by atoms with E-state index < -0.39 is 6.04 Å². The summed E-state index contributed by atoms with van der Waals surface area (Å²) in [5.41, 5.74) is 1.87. The Bertz CT molecular complexity index is 852. The number of hydrogen-bond donors (Lipinski definition) is 1. The Morgan fingerprint density at radius 3 is 2.52 bits per heavy atom. The third-order valence-electron chi connectivity index (χ3n) is 6.30.